The summed E-state index contributed by atoms with van der Waals surface area (Å²) in [5.41, 5.74) is 13.8. The Hall–Kier alpha value is -2.36. The highest BCUT2D eigenvalue weighted by atomic mass is 16.5. The van der Waals surface area contributed by atoms with Crippen molar-refractivity contribution >= 4 is 10.8 Å². The Labute approximate surface area is 136 Å². The third-order valence-corrected chi connectivity index (χ3v) is 3.94. The van der Waals surface area contributed by atoms with Crippen molar-refractivity contribution in [3.05, 3.63) is 77.9 Å². The normalized spacial score (nSPS) is 12.3. The summed E-state index contributed by atoms with van der Waals surface area (Å²) in [5.74, 6) is 0.864. The second-order valence-electron chi connectivity index (χ2n) is 5.81. The first-order chi connectivity index (χ1) is 11.2. The molecule has 0 aliphatic heterocycles. The summed E-state index contributed by atoms with van der Waals surface area (Å²) < 4.78 is 5.87. The second-order valence-corrected chi connectivity index (χ2v) is 5.81. The monoisotopic (exact) mass is 306 g/mol. The van der Waals surface area contributed by atoms with Crippen LogP contribution in [0.3, 0.4) is 0 Å². The van der Waals surface area contributed by atoms with Crippen molar-refractivity contribution in [1.29, 1.82) is 0 Å². The van der Waals surface area contributed by atoms with E-state index in [2.05, 4.69) is 42.5 Å². The zero-order valence-electron chi connectivity index (χ0n) is 13.1. The van der Waals surface area contributed by atoms with Crippen LogP contribution in [0.4, 0.5) is 0 Å². The van der Waals surface area contributed by atoms with Gasteiger partial charge in [0.2, 0.25) is 0 Å². The fraction of sp³-hybridized carbons (Fsp3) is 0.200. The number of rotatable bonds is 6. The van der Waals surface area contributed by atoms with Gasteiger partial charge in [-0.2, -0.15) is 0 Å². The molecule has 118 valence electrons. The predicted octanol–water partition coefficient (Wildman–Crippen LogP) is 3.25. The highest BCUT2D eigenvalue weighted by Gasteiger charge is 2.03. The molecule has 0 saturated heterocycles. The van der Waals surface area contributed by atoms with Gasteiger partial charge in [0.05, 0.1) is 0 Å². The molecule has 0 fully saturated rings. The molecule has 3 heteroatoms. The van der Waals surface area contributed by atoms with Crippen LogP contribution in [-0.2, 0) is 13.0 Å². The van der Waals surface area contributed by atoms with Gasteiger partial charge < -0.3 is 16.2 Å². The van der Waals surface area contributed by atoms with E-state index in [1.165, 1.54) is 16.3 Å². The average Bonchev–Trinajstić information content (AvgIpc) is 2.61. The molecule has 0 aliphatic carbocycles. The Bertz CT molecular complexity index is 768. The molecule has 0 aromatic heterocycles. The van der Waals surface area contributed by atoms with Gasteiger partial charge in [0.1, 0.15) is 12.4 Å². The molecule has 0 radical (unpaired) electrons. The fourth-order valence-electron chi connectivity index (χ4n) is 2.60. The number of hydrogen-bond donors (Lipinski definition) is 2. The second kappa shape index (κ2) is 7.27. The van der Waals surface area contributed by atoms with E-state index in [9.17, 15) is 0 Å². The van der Waals surface area contributed by atoms with Gasteiger partial charge in [0.15, 0.2) is 0 Å². The summed E-state index contributed by atoms with van der Waals surface area (Å²) in [6.45, 7) is 1.06. The predicted molar refractivity (Wildman–Crippen MR) is 95.5 cm³/mol. The Balaban J connectivity index is 1.62. The van der Waals surface area contributed by atoms with Crippen molar-refractivity contribution in [3.63, 3.8) is 0 Å². The molecule has 0 aliphatic rings. The van der Waals surface area contributed by atoms with Gasteiger partial charge in [-0.15, -0.1) is 0 Å². The average molecular weight is 306 g/mol. The van der Waals surface area contributed by atoms with Crippen molar-refractivity contribution in [1.82, 2.24) is 0 Å². The minimum atomic E-state index is 0.0133. The largest absolute Gasteiger partial charge is 0.489 e. The SMILES string of the molecule is NCC(N)Cc1ccc(OCc2ccc3ccccc3c2)cc1. The van der Waals surface area contributed by atoms with Crippen LogP contribution in [0.2, 0.25) is 0 Å². The van der Waals surface area contributed by atoms with Crippen molar-refractivity contribution < 1.29 is 4.74 Å². The first-order valence-corrected chi connectivity index (χ1v) is 7.89. The Morgan fingerprint density at radius 1 is 0.826 bits per heavy atom. The first-order valence-electron chi connectivity index (χ1n) is 7.89. The quantitative estimate of drug-likeness (QED) is 0.735. The Kier molecular flexibility index (Phi) is 4.91. The molecule has 1 unspecified atom stereocenters. The molecule has 0 amide bonds. The first kappa shape index (κ1) is 15.5. The molecule has 3 aromatic rings. The topological polar surface area (TPSA) is 61.3 Å². The lowest BCUT2D eigenvalue weighted by molar-refractivity contribution is 0.306. The fourth-order valence-corrected chi connectivity index (χ4v) is 2.60. The van der Waals surface area contributed by atoms with Gasteiger partial charge in [-0.25, -0.2) is 0 Å². The molecule has 3 nitrogen and oxygen atoms in total. The molecule has 4 N–H and O–H groups in total. The molecule has 0 saturated carbocycles. The van der Waals surface area contributed by atoms with Crippen LogP contribution in [0, 0.1) is 0 Å². The number of ether oxygens (including phenoxy) is 1. The van der Waals surface area contributed by atoms with Gasteiger partial charge in [-0.05, 0) is 46.5 Å². The summed E-state index contributed by atoms with van der Waals surface area (Å²) >= 11 is 0. The molecular formula is C20H22N2O. The summed E-state index contributed by atoms with van der Waals surface area (Å²) in [7, 11) is 0. The van der Waals surface area contributed by atoms with Crippen LogP contribution in [0.25, 0.3) is 10.8 Å². The van der Waals surface area contributed by atoms with Crippen molar-refractivity contribution in [2.75, 3.05) is 6.54 Å². The van der Waals surface area contributed by atoms with E-state index < -0.39 is 0 Å². The summed E-state index contributed by atoms with van der Waals surface area (Å²) in [6, 6.07) is 22.8. The van der Waals surface area contributed by atoms with Gasteiger partial charge in [0.25, 0.3) is 0 Å². The molecule has 0 heterocycles. The van der Waals surface area contributed by atoms with E-state index in [0.29, 0.717) is 13.2 Å². The van der Waals surface area contributed by atoms with Crippen LogP contribution in [0.15, 0.2) is 66.7 Å². The van der Waals surface area contributed by atoms with Gasteiger partial charge in [-0.1, -0.05) is 48.5 Å². The zero-order valence-corrected chi connectivity index (χ0v) is 13.1. The van der Waals surface area contributed by atoms with Crippen molar-refractivity contribution in [3.8, 4) is 5.75 Å². The van der Waals surface area contributed by atoms with Gasteiger partial charge >= 0.3 is 0 Å². The van der Waals surface area contributed by atoms with Crippen LogP contribution in [0.5, 0.6) is 5.75 Å². The number of benzene rings is 3. The zero-order chi connectivity index (χ0) is 16.1. The van der Waals surface area contributed by atoms with Crippen LogP contribution >= 0.6 is 0 Å². The lowest BCUT2D eigenvalue weighted by atomic mass is 10.1. The third kappa shape index (κ3) is 4.09. The van der Waals surface area contributed by atoms with Crippen LogP contribution < -0.4 is 16.2 Å². The smallest absolute Gasteiger partial charge is 0.119 e. The van der Waals surface area contributed by atoms with Crippen LogP contribution in [0.1, 0.15) is 11.1 Å². The number of hydrogen-bond acceptors (Lipinski definition) is 3. The van der Waals surface area contributed by atoms with Crippen molar-refractivity contribution in [2.45, 2.75) is 19.1 Å². The van der Waals surface area contributed by atoms with E-state index in [-0.39, 0.29) is 6.04 Å². The Morgan fingerprint density at radius 3 is 2.26 bits per heavy atom. The van der Waals surface area contributed by atoms with Crippen molar-refractivity contribution in [2.24, 2.45) is 11.5 Å². The van der Waals surface area contributed by atoms with Gasteiger partial charge in [0, 0.05) is 12.6 Å². The summed E-state index contributed by atoms with van der Waals surface area (Å²) in [6.07, 6.45) is 0.793. The third-order valence-electron chi connectivity index (χ3n) is 3.94. The maximum absolute atomic E-state index is 5.87. The maximum Gasteiger partial charge on any atom is 0.119 e. The Morgan fingerprint density at radius 2 is 1.52 bits per heavy atom. The minimum Gasteiger partial charge on any atom is -0.489 e. The number of fused-ring (bicyclic) bond motifs is 1. The maximum atomic E-state index is 5.87. The number of nitrogens with two attached hydrogens (primary N) is 2. The lowest BCUT2D eigenvalue weighted by Gasteiger charge is -2.10. The van der Waals surface area contributed by atoms with E-state index in [4.69, 9.17) is 16.2 Å². The highest BCUT2D eigenvalue weighted by molar-refractivity contribution is 5.82. The van der Waals surface area contributed by atoms with E-state index in [0.717, 1.165) is 17.7 Å². The molecule has 23 heavy (non-hydrogen) atoms. The minimum absolute atomic E-state index is 0.0133. The molecule has 1 atom stereocenters. The van der Waals surface area contributed by atoms with E-state index >= 15 is 0 Å². The molecule has 0 bridgehead atoms. The highest BCUT2D eigenvalue weighted by Crippen LogP contribution is 2.18. The van der Waals surface area contributed by atoms with E-state index in [1.807, 2.05) is 24.3 Å². The standard InChI is InChI=1S/C20H22N2O/c21-13-19(22)12-15-6-9-20(10-7-15)23-14-16-5-8-17-3-1-2-4-18(17)11-16/h1-11,19H,12-14,21-22H2. The molecule has 0 spiro atoms. The molecular weight excluding hydrogens is 284 g/mol. The molecule has 3 aromatic carbocycles. The van der Waals surface area contributed by atoms with Crippen LogP contribution in [-0.4, -0.2) is 12.6 Å². The molecule has 3 rings (SSSR count). The summed E-state index contributed by atoms with van der Waals surface area (Å²) in [5, 5.41) is 2.48. The van der Waals surface area contributed by atoms with Gasteiger partial charge in [-0.3, -0.25) is 0 Å². The lowest BCUT2D eigenvalue weighted by Crippen LogP contribution is -2.31. The summed E-state index contributed by atoms with van der Waals surface area (Å²) in [4.78, 5) is 0. The van der Waals surface area contributed by atoms with E-state index in [1.54, 1.807) is 0 Å².